The molecule has 1 aromatic rings. The summed E-state index contributed by atoms with van der Waals surface area (Å²) in [4.78, 5) is 12.0. The minimum atomic E-state index is -0.816. The van der Waals surface area contributed by atoms with Gasteiger partial charge >= 0.3 is 5.97 Å². The lowest BCUT2D eigenvalue weighted by Gasteiger charge is -2.30. The van der Waals surface area contributed by atoms with E-state index in [2.05, 4.69) is 21.2 Å². The van der Waals surface area contributed by atoms with Crippen molar-refractivity contribution in [1.82, 2.24) is 5.32 Å². The Morgan fingerprint density at radius 2 is 1.88 bits per heavy atom. The number of carbonyl (C=O) groups excluding carboxylic acids is 1. The van der Waals surface area contributed by atoms with Gasteiger partial charge < -0.3 is 4.74 Å². The molecule has 3 nitrogen and oxygen atoms in total. The molecule has 0 bridgehead atoms. The van der Waals surface area contributed by atoms with Gasteiger partial charge in [0, 0.05) is 10.5 Å². The van der Waals surface area contributed by atoms with Gasteiger partial charge in [-0.3, -0.25) is 5.32 Å². The number of hydrogen-bond acceptors (Lipinski definition) is 3. The first-order chi connectivity index (χ1) is 7.90. The number of nitrogens with one attached hydrogen (secondary N) is 1. The Labute approximate surface area is 111 Å². The summed E-state index contributed by atoms with van der Waals surface area (Å²) in [7, 11) is 1.40. The summed E-state index contributed by atoms with van der Waals surface area (Å²) in [5.41, 5.74) is 0.0742. The van der Waals surface area contributed by atoms with Gasteiger partial charge in [-0.05, 0) is 38.5 Å². The molecule has 1 N–H and O–H groups in total. The zero-order valence-corrected chi connectivity index (χ0v) is 12.2. The van der Waals surface area contributed by atoms with Crippen molar-refractivity contribution in [3.63, 3.8) is 0 Å². The van der Waals surface area contributed by atoms with E-state index in [-0.39, 0.29) is 12.0 Å². The molecular formula is C13H18BrNO2. The molecule has 0 aliphatic carbocycles. The summed E-state index contributed by atoms with van der Waals surface area (Å²) in [6.45, 7) is 5.84. The molecule has 0 heterocycles. The first-order valence-corrected chi connectivity index (χ1v) is 6.31. The zero-order valence-electron chi connectivity index (χ0n) is 10.6. The van der Waals surface area contributed by atoms with E-state index < -0.39 is 5.54 Å². The number of carbonyl (C=O) groups is 1. The molecule has 0 saturated heterocycles. The topological polar surface area (TPSA) is 38.3 Å². The lowest BCUT2D eigenvalue weighted by Crippen LogP contribution is -2.50. The van der Waals surface area contributed by atoms with Gasteiger partial charge in [-0.1, -0.05) is 28.1 Å². The molecule has 1 unspecified atom stereocenters. The molecule has 1 atom stereocenters. The van der Waals surface area contributed by atoms with E-state index >= 15 is 0 Å². The second-order valence-corrected chi connectivity index (χ2v) is 5.34. The first kappa shape index (κ1) is 14.2. The highest BCUT2D eigenvalue weighted by atomic mass is 79.9. The fourth-order valence-electron chi connectivity index (χ4n) is 1.82. The normalized spacial score (nSPS) is 14.5. The van der Waals surface area contributed by atoms with Gasteiger partial charge in [-0.15, -0.1) is 0 Å². The molecule has 0 aromatic heterocycles. The molecule has 0 amide bonds. The van der Waals surface area contributed by atoms with Crippen LogP contribution in [0.15, 0.2) is 28.7 Å². The Balaban J connectivity index is 3.13. The molecule has 17 heavy (non-hydrogen) atoms. The van der Waals surface area contributed by atoms with Crippen LogP contribution in [0.5, 0.6) is 0 Å². The molecule has 0 aliphatic rings. The number of rotatable bonds is 4. The fraction of sp³-hybridized carbons (Fsp3) is 0.462. The van der Waals surface area contributed by atoms with Gasteiger partial charge in [0.05, 0.1) is 7.11 Å². The maximum atomic E-state index is 12.0. The average molecular weight is 300 g/mol. The van der Waals surface area contributed by atoms with E-state index in [1.54, 1.807) is 0 Å². The van der Waals surface area contributed by atoms with Gasteiger partial charge in [0.2, 0.25) is 0 Å². The van der Waals surface area contributed by atoms with Crippen molar-refractivity contribution in [2.45, 2.75) is 32.4 Å². The Morgan fingerprint density at radius 3 is 2.29 bits per heavy atom. The molecule has 0 radical (unpaired) electrons. The van der Waals surface area contributed by atoms with Crippen molar-refractivity contribution in [1.29, 1.82) is 0 Å². The van der Waals surface area contributed by atoms with Gasteiger partial charge in [-0.2, -0.15) is 0 Å². The van der Waals surface area contributed by atoms with Crippen LogP contribution in [0.4, 0.5) is 0 Å². The Bertz CT molecular complexity index is 389. The van der Waals surface area contributed by atoms with Gasteiger partial charge in [0.25, 0.3) is 0 Å². The SMILES string of the molecule is COC(=O)C(C)(NC(C)C)c1ccc(Br)cc1. The number of benzene rings is 1. The van der Waals surface area contributed by atoms with E-state index in [4.69, 9.17) is 4.74 Å². The molecule has 0 aliphatic heterocycles. The molecule has 0 saturated carbocycles. The number of esters is 1. The van der Waals surface area contributed by atoms with E-state index in [0.717, 1.165) is 10.0 Å². The third-order valence-corrected chi connectivity index (χ3v) is 3.12. The third-order valence-electron chi connectivity index (χ3n) is 2.59. The molecular weight excluding hydrogens is 282 g/mol. The smallest absolute Gasteiger partial charge is 0.330 e. The highest BCUT2D eigenvalue weighted by Gasteiger charge is 2.36. The van der Waals surface area contributed by atoms with Crippen LogP contribution in [0.2, 0.25) is 0 Å². The number of ether oxygens (including phenoxy) is 1. The van der Waals surface area contributed by atoms with Crippen molar-refractivity contribution < 1.29 is 9.53 Å². The van der Waals surface area contributed by atoms with Gasteiger partial charge in [0.1, 0.15) is 5.54 Å². The maximum absolute atomic E-state index is 12.0. The highest BCUT2D eigenvalue weighted by molar-refractivity contribution is 9.10. The standard InChI is InChI=1S/C13H18BrNO2/c1-9(2)15-13(3,12(16)17-4)10-5-7-11(14)8-6-10/h5-9,15H,1-4H3. The second-order valence-electron chi connectivity index (χ2n) is 4.42. The maximum Gasteiger partial charge on any atom is 0.330 e. The molecule has 0 fully saturated rings. The molecule has 1 aromatic carbocycles. The van der Waals surface area contributed by atoms with E-state index in [1.165, 1.54) is 7.11 Å². The molecule has 1 rings (SSSR count). The van der Waals surface area contributed by atoms with E-state index in [0.29, 0.717) is 0 Å². The van der Waals surface area contributed by atoms with Crippen molar-refractivity contribution in [2.24, 2.45) is 0 Å². The monoisotopic (exact) mass is 299 g/mol. The van der Waals surface area contributed by atoms with Gasteiger partial charge in [-0.25, -0.2) is 4.79 Å². The lowest BCUT2D eigenvalue weighted by molar-refractivity contribution is -0.148. The van der Waals surface area contributed by atoms with Crippen LogP contribution in [-0.4, -0.2) is 19.1 Å². The second kappa shape index (κ2) is 5.65. The predicted octanol–water partition coefficient (Wildman–Crippen LogP) is 2.84. The van der Waals surface area contributed by atoms with Crippen LogP contribution in [0.3, 0.4) is 0 Å². The van der Waals surface area contributed by atoms with Crippen LogP contribution in [0.1, 0.15) is 26.3 Å². The summed E-state index contributed by atoms with van der Waals surface area (Å²) >= 11 is 3.38. The third kappa shape index (κ3) is 3.30. The van der Waals surface area contributed by atoms with Crippen LogP contribution < -0.4 is 5.32 Å². The number of halogens is 1. The van der Waals surface area contributed by atoms with Crippen LogP contribution in [0, 0.1) is 0 Å². The number of hydrogen-bond donors (Lipinski definition) is 1. The minimum absolute atomic E-state index is 0.183. The van der Waals surface area contributed by atoms with Crippen LogP contribution in [-0.2, 0) is 15.1 Å². The van der Waals surface area contributed by atoms with Gasteiger partial charge in [0.15, 0.2) is 0 Å². The van der Waals surface area contributed by atoms with Crippen molar-refractivity contribution in [3.05, 3.63) is 34.3 Å². The predicted molar refractivity (Wildman–Crippen MR) is 71.8 cm³/mol. The van der Waals surface area contributed by atoms with E-state index in [9.17, 15) is 4.79 Å². The number of methoxy groups -OCH3 is 1. The summed E-state index contributed by atoms with van der Waals surface area (Å²) in [5.74, 6) is -0.284. The van der Waals surface area contributed by atoms with Crippen molar-refractivity contribution in [2.75, 3.05) is 7.11 Å². The zero-order chi connectivity index (χ0) is 13.1. The summed E-state index contributed by atoms with van der Waals surface area (Å²) in [6.07, 6.45) is 0. The Hall–Kier alpha value is -0.870. The summed E-state index contributed by atoms with van der Waals surface area (Å²) < 4.78 is 5.87. The quantitative estimate of drug-likeness (QED) is 0.869. The van der Waals surface area contributed by atoms with Crippen LogP contribution >= 0.6 is 15.9 Å². The highest BCUT2D eigenvalue weighted by Crippen LogP contribution is 2.24. The van der Waals surface area contributed by atoms with Crippen molar-refractivity contribution in [3.8, 4) is 0 Å². The molecule has 0 spiro atoms. The summed E-state index contributed by atoms with van der Waals surface area (Å²) in [6, 6.07) is 7.84. The largest absolute Gasteiger partial charge is 0.467 e. The van der Waals surface area contributed by atoms with Crippen molar-refractivity contribution >= 4 is 21.9 Å². The first-order valence-electron chi connectivity index (χ1n) is 5.52. The fourth-order valence-corrected chi connectivity index (χ4v) is 2.09. The Morgan fingerprint density at radius 1 is 1.35 bits per heavy atom. The minimum Gasteiger partial charge on any atom is -0.467 e. The Kier molecular flexibility index (Phi) is 4.71. The molecule has 94 valence electrons. The lowest BCUT2D eigenvalue weighted by atomic mass is 9.91. The molecule has 4 heteroatoms. The average Bonchev–Trinajstić information content (AvgIpc) is 2.27. The summed E-state index contributed by atoms with van der Waals surface area (Å²) in [5, 5.41) is 3.25. The van der Waals surface area contributed by atoms with E-state index in [1.807, 2.05) is 45.0 Å². The van der Waals surface area contributed by atoms with Crippen LogP contribution in [0.25, 0.3) is 0 Å².